The van der Waals surface area contributed by atoms with Gasteiger partial charge in [-0.3, -0.25) is 9.78 Å². The van der Waals surface area contributed by atoms with Crippen LogP contribution in [0.3, 0.4) is 0 Å². The molecule has 7 nitrogen and oxygen atoms in total. The van der Waals surface area contributed by atoms with Crippen LogP contribution in [0.15, 0.2) is 63.6 Å². The molecule has 0 bridgehead atoms. The summed E-state index contributed by atoms with van der Waals surface area (Å²) in [6, 6.07) is 11.7. The van der Waals surface area contributed by atoms with Crippen LogP contribution >= 0.6 is 15.9 Å². The van der Waals surface area contributed by atoms with Gasteiger partial charge in [0.15, 0.2) is 5.58 Å². The summed E-state index contributed by atoms with van der Waals surface area (Å²) in [5.74, 6) is 0.602. The third-order valence-electron chi connectivity index (χ3n) is 4.30. The minimum absolute atomic E-state index is 0.0399. The van der Waals surface area contributed by atoms with E-state index >= 15 is 0 Å². The van der Waals surface area contributed by atoms with Gasteiger partial charge in [0, 0.05) is 25.0 Å². The molecule has 4 rings (SSSR count). The zero-order valence-electron chi connectivity index (χ0n) is 16.3. The van der Waals surface area contributed by atoms with Gasteiger partial charge < -0.3 is 19.8 Å². The predicted molar refractivity (Wildman–Crippen MR) is 114 cm³/mol. The van der Waals surface area contributed by atoms with E-state index in [1.807, 2.05) is 0 Å². The lowest BCUT2D eigenvalue weighted by atomic mass is 10.2. The number of ether oxygens (including phenoxy) is 1. The lowest BCUT2D eigenvalue weighted by molar-refractivity contribution is -0.137. The third kappa shape index (κ3) is 4.67. The number of aromatic nitrogens is 2. The summed E-state index contributed by atoms with van der Waals surface area (Å²) >= 11 is 3.09. The standard InChI is InChI=1S/C21H14BrF3N4O3/c1-26-19(30)17-10-14(6-7-27-17)31-13-4-2-12(3-5-13)28-20-29-16-9-11(21(23,24)25)8-15(22)18(16)32-20/h2-10H,1H3,(H,26,30)(H,28,29). The van der Waals surface area contributed by atoms with Crippen LogP contribution in [0.2, 0.25) is 0 Å². The van der Waals surface area contributed by atoms with Gasteiger partial charge in [0.25, 0.3) is 11.9 Å². The van der Waals surface area contributed by atoms with Crippen molar-refractivity contribution in [1.29, 1.82) is 0 Å². The Balaban J connectivity index is 1.50. The molecule has 0 spiro atoms. The molecule has 0 aliphatic carbocycles. The van der Waals surface area contributed by atoms with Gasteiger partial charge in [-0.2, -0.15) is 18.2 Å². The number of rotatable bonds is 5. The first-order chi connectivity index (χ1) is 15.2. The summed E-state index contributed by atoms with van der Waals surface area (Å²) in [4.78, 5) is 19.7. The number of anilines is 2. The number of nitrogens with one attached hydrogen (secondary N) is 2. The fourth-order valence-corrected chi connectivity index (χ4v) is 3.33. The Labute approximate surface area is 187 Å². The third-order valence-corrected chi connectivity index (χ3v) is 4.89. The van der Waals surface area contributed by atoms with Crippen molar-refractivity contribution in [3.63, 3.8) is 0 Å². The molecular weight excluding hydrogens is 493 g/mol. The van der Waals surface area contributed by atoms with Gasteiger partial charge in [0.05, 0.1) is 10.0 Å². The van der Waals surface area contributed by atoms with E-state index in [-0.39, 0.29) is 33.2 Å². The molecule has 0 atom stereocenters. The summed E-state index contributed by atoms with van der Waals surface area (Å²) in [5, 5.41) is 5.39. The summed E-state index contributed by atoms with van der Waals surface area (Å²) in [7, 11) is 1.51. The molecule has 2 N–H and O–H groups in total. The largest absolute Gasteiger partial charge is 0.457 e. The molecule has 164 valence electrons. The van der Waals surface area contributed by atoms with Crippen molar-refractivity contribution in [3.05, 3.63) is 70.5 Å². The highest BCUT2D eigenvalue weighted by Gasteiger charge is 2.32. The monoisotopic (exact) mass is 506 g/mol. The van der Waals surface area contributed by atoms with Crippen molar-refractivity contribution < 1.29 is 27.1 Å². The normalized spacial score (nSPS) is 11.4. The molecule has 2 aromatic carbocycles. The second kappa shape index (κ2) is 8.50. The maximum absolute atomic E-state index is 13.0. The van der Waals surface area contributed by atoms with E-state index < -0.39 is 11.7 Å². The molecular formula is C21H14BrF3N4O3. The smallest absolute Gasteiger partial charge is 0.416 e. The average Bonchev–Trinajstić information content (AvgIpc) is 3.17. The first-order valence-corrected chi connectivity index (χ1v) is 9.92. The summed E-state index contributed by atoms with van der Waals surface area (Å²) in [5.41, 5.74) is 0.244. The number of oxazole rings is 1. The molecule has 0 fully saturated rings. The van der Waals surface area contributed by atoms with Crippen molar-refractivity contribution in [2.24, 2.45) is 0 Å². The van der Waals surface area contributed by atoms with Crippen molar-refractivity contribution in [3.8, 4) is 11.5 Å². The lowest BCUT2D eigenvalue weighted by Gasteiger charge is -2.08. The summed E-state index contributed by atoms with van der Waals surface area (Å²) < 4.78 is 50.4. The second-order valence-electron chi connectivity index (χ2n) is 6.53. The van der Waals surface area contributed by atoms with E-state index in [1.165, 1.54) is 19.3 Å². The quantitative estimate of drug-likeness (QED) is 0.350. The van der Waals surface area contributed by atoms with Crippen molar-refractivity contribution in [1.82, 2.24) is 15.3 Å². The highest BCUT2D eigenvalue weighted by atomic mass is 79.9. The number of fused-ring (bicyclic) bond motifs is 1. The van der Waals surface area contributed by atoms with Crippen molar-refractivity contribution in [2.75, 3.05) is 12.4 Å². The van der Waals surface area contributed by atoms with Crippen molar-refractivity contribution in [2.45, 2.75) is 6.18 Å². The fraction of sp³-hybridized carbons (Fsp3) is 0.0952. The fourth-order valence-electron chi connectivity index (χ4n) is 2.80. The highest BCUT2D eigenvalue weighted by molar-refractivity contribution is 9.10. The van der Waals surface area contributed by atoms with Gasteiger partial charge in [-0.15, -0.1) is 0 Å². The van der Waals surface area contributed by atoms with E-state index in [0.717, 1.165) is 12.1 Å². The molecule has 2 heterocycles. The predicted octanol–water partition coefficient (Wildman–Crippen LogP) is 5.90. The number of pyridine rings is 1. The first-order valence-electron chi connectivity index (χ1n) is 9.13. The lowest BCUT2D eigenvalue weighted by Crippen LogP contribution is -2.18. The highest BCUT2D eigenvalue weighted by Crippen LogP contribution is 2.36. The molecule has 11 heteroatoms. The Morgan fingerprint density at radius 2 is 1.84 bits per heavy atom. The Hall–Kier alpha value is -3.60. The minimum Gasteiger partial charge on any atom is -0.457 e. The molecule has 0 saturated heterocycles. The molecule has 2 aromatic heterocycles. The van der Waals surface area contributed by atoms with Crippen molar-refractivity contribution >= 4 is 44.6 Å². The van der Waals surface area contributed by atoms with Crippen LogP contribution in [0.4, 0.5) is 24.9 Å². The molecule has 0 saturated carbocycles. The molecule has 0 aliphatic heterocycles. The van der Waals surface area contributed by atoms with Gasteiger partial charge in [0.2, 0.25) is 0 Å². The number of carbonyl (C=O) groups excluding carboxylic acids is 1. The minimum atomic E-state index is -4.49. The molecule has 32 heavy (non-hydrogen) atoms. The number of halogens is 4. The number of hydrogen-bond acceptors (Lipinski definition) is 6. The number of amides is 1. The number of nitrogens with zero attached hydrogens (tertiary/aromatic N) is 2. The maximum atomic E-state index is 13.0. The van der Waals surface area contributed by atoms with Crippen LogP contribution in [0.1, 0.15) is 16.1 Å². The van der Waals surface area contributed by atoms with Crippen LogP contribution in [-0.2, 0) is 6.18 Å². The van der Waals surface area contributed by atoms with Gasteiger partial charge in [0.1, 0.15) is 22.7 Å². The molecule has 1 amide bonds. The second-order valence-corrected chi connectivity index (χ2v) is 7.38. The van der Waals surface area contributed by atoms with Crippen LogP contribution in [0, 0.1) is 0 Å². The van der Waals surface area contributed by atoms with E-state index in [4.69, 9.17) is 9.15 Å². The van der Waals surface area contributed by atoms with E-state index in [0.29, 0.717) is 17.2 Å². The van der Waals surface area contributed by atoms with Gasteiger partial charge in [-0.25, -0.2) is 0 Å². The zero-order chi connectivity index (χ0) is 22.9. The van der Waals surface area contributed by atoms with Gasteiger partial charge in [-0.1, -0.05) is 0 Å². The van der Waals surface area contributed by atoms with Crippen LogP contribution in [0.5, 0.6) is 11.5 Å². The van der Waals surface area contributed by atoms with Gasteiger partial charge in [-0.05, 0) is 58.4 Å². The van der Waals surface area contributed by atoms with E-state index in [1.54, 1.807) is 30.3 Å². The Morgan fingerprint density at radius 1 is 1.09 bits per heavy atom. The number of benzene rings is 2. The Kier molecular flexibility index (Phi) is 5.74. The average molecular weight is 507 g/mol. The number of alkyl halides is 3. The molecule has 0 unspecified atom stereocenters. The summed E-state index contributed by atoms with van der Waals surface area (Å²) in [6.45, 7) is 0. The van der Waals surface area contributed by atoms with Crippen LogP contribution in [0.25, 0.3) is 11.1 Å². The molecule has 0 aliphatic rings. The van der Waals surface area contributed by atoms with E-state index in [2.05, 4.69) is 36.5 Å². The Morgan fingerprint density at radius 3 is 2.53 bits per heavy atom. The summed E-state index contributed by atoms with van der Waals surface area (Å²) in [6.07, 6.45) is -3.03. The number of carbonyl (C=O) groups is 1. The number of hydrogen-bond donors (Lipinski definition) is 2. The molecule has 0 radical (unpaired) electrons. The van der Waals surface area contributed by atoms with E-state index in [9.17, 15) is 18.0 Å². The SMILES string of the molecule is CNC(=O)c1cc(Oc2ccc(Nc3nc4cc(C(F)(F)F)cc(Br)c4o3)cc2)ccn1. The first kappa shape index (κ1) is 21.6. The maximum Gasteiger partial charge on any atom is 0.416 e. The Bertz CT molecular complexity index is 1290. The zero-order valence-corrected chi connectivity index (χ0v) is 17.9. The van der Waals surface area contributed by atoms with Crippen LogP contribution < -0.4 is 15.4 Å². The topological polar surface area (TPSA) is 89.3 Å². The van der Waals surface area contributed by atoms with Crippen LogP contribution in [-0.4, -0.2) is 22.9 Å². The van der Waals surface area contributed by atoms with Gasteiger partial charge >= 0.3 is 6.18 Å². The molecule has 4 aromatic rings.